The van der Waals surface area contributed by atoms with Gasteiger partial charge in [0.2, 0.25) is 0 Å². The molecule has 0 bridgehead atoms. The monoisotopic (exact) mass is 301 g/mol. The van der Waals surface area contributed by atoms with Crippen molar-refractivity contribution in [3.05, 3.63) is 34.4 Å². The molecule has 0 aromatic heterocycles. The Balaban J connectivity index is 2.61. The average Bonchev–Trinajstić information content (AvgIpc) is 2.70. The molecule has 22 heavy (non-hydrogen) atoms. The first-order chi connectivity index (χ1) is 10.0. The maximum absolute atomic E-state index is 10.9. The number of hydrazone groups is 1. The van der Waals surface area contributed by atoms with Crippen LogP contribution in [0.3, 0.4) is 0 Å². The van der Waals surface area contributed by atoms with E-state index in [0.717, 1.165) is 24.1 Å². The Morgan fingerprint density at radius 2 is 1.95 bits per heavy atom. The number of nitrogens with two attached hydrogens (primary N) is 1. The van der Waals surface area contributed by atoms with Crippen LogP contribution in [0, 0.1) is 0 Å². The van der Waals surface area contributed by atoms with Crippen molar-refractivity contribution in [3.63, 3.8) is 0 Å². The minimum absolute atomic E-state index is 0.0693. The lowest BCUT2D eigenvalue weighted by Gasteiger charge is -2.26. The molecule has 1 aromatic rings. The van der Waals surface area contributed by atoms with E-state index in [9.17, 15) is 4.79 Å². The molecule has 0 heterocycles. The summed E-state index contributed by atoms with van der Waals surface area (Å²) in [5.74, 6) is 0. The van der Waals surface area contributed by atoms with Crippen LogP contribution < -0.4 is 11.2 Å². The second-order valence-electron chi connectivity index (χ2n) is 7.86. The number of hydrogen-bond donors (Lipinski definition) is 2. The molecule has 1 aliphatic rings. The van der Waals surface area contributed by atoms with Crippen molar-refractivity contribution in [1.29, 1.82) is 0 Å². The number of nitrogens with one attached hydrogen (secondary N) is 1. The number of nitrogens with zero attached hydrogens (tertiary/aromatic N) is 1. The molecule has 3 N–H and O–H groups in total. The third-order valence-electron chi connectivity index (χ3n) is 4.57. The van der Waals surface area contributed by atoms with Gasteiger partial charge in [0.05, 0.1) is 5.71 Å². The Kier molecular flexibility index (Phi) is 4.07. The van der Waals surface area contributed by atoms with Gasteiger partial charge in [0, 0.05) is 5.56 Å². The average molecular weight is 301 g/mol. The molecule has 0 saturated carbocycles. The van der Waals surface area contributed by atoms with Crippen molar-refractivity contribution in [1.82, 2.24) is 5.43 Å². The highest BCUT2D eigenvalue weighted by atomic mass is 16.2. The third-order valence-corrected chi connectivity index (χ3v) is 4.57. The van der Waals surface area contributed by atoms with E-state index in [1.807, 2.05) is 6.92 Å². The van der Waals surface area contributed by atoms with Gasteiger partial charge < -0.3 is 5.73 Å². The molecule has 0 aliphatic heterocycles. The van der Waals surface area contributed by atoms with Gasteiger partial charge in [0.25, 0.3) is 0 Å². The standard InChI is InChI=1S/C18H27N3O/c1-11(20-21-16(19)22)14-9-12(17(2,3)4)10-15-13(14)7-8-18(15,5)6/h9-10H,7-8H2,1-6H3,(H3,19,21,22)/b20-11+. The summed E-state index contributed by atoms with van der Waals surface area (Å²) in [7, 11) is 0. The number of primary amides is 1. The van der Waals surface area contributed by atoms with Crippen LogP contribution in [0.2, 0.25) is 0 Å². The third kappa shape index (κ3) is 3.16. The second kappa shape index (κ2) is 5.41. The molecule has 1 aliphatic carbocycles. The summed E-state index contributed by atoms with van der Waals surface area (Å²) in [6.45, 7) is 13.2. The van der Waals surface area contributed by atoms with E-state index in [-0.39, 0.29) is 10.8 Å². The summed E-state index contributed by atoms with van der Waals surface area (Å²) >= 11 is 0. The normalized spacial score (nSPS) is 17.3. The second-order valence-corrected chi connectivity index (χ2v) is 7.86. The number of amides is 2. The highest BCUT2D eigenvalue weighted by Crippen LogP contribution is 2.42. The molecule has 2 amide bonds. The van der Waals surface area contributed by atoms with Crippen LogP contribution in [0.1, 0.15) is 70.2 Å². The number of fused-ring (bicyclic) bond motifs is 1. The fourth-order valence-corrected chi connectivity index (χ4v) is 3.07. The van der Waals surface area contributed by atoms with Crippen molar-refractivity contribution in [2.24, 2.45) is 10.8 Å². The predicted molar refractivity (Wildman–Crippen MR) is 91.4 cm³/mol. The fraction of sp³-hybridized carbons (Fsp3) is 0.556. The van der Waals surface area contributed by atoms with Gasteiger partial charge in [-0.25, -0.2) is 10.2 Å². The molecule has 2 rings (SSSR count). The van der Waals surface area contributed by atoms with Gasteiger partial charge in [-0.1, -0.05) is 40.7 Å². The van der Waals surface area contributed by atoms with Gasteiger partial charge >= 0.3 is 6.03 Å². The molecule has 4 heteroatoms. The summed E-state index contributed by atoms with van der Waals surface area (Å²) < 4.78 is 0. The highest BCUT2D eigenvalue weighted by molar-refractivity contribution is 6.01. The first kappa shape index (κ1) is 16.5. The van der Waals surface area contributed by atoms with Gasteiger partial charge in [-0.2, -0.15) is 5.10 Å². The van der Waals surface area contributed by atoms with E-state index in [0.29, 0.717) is 0 Å². The lowest BCUT2D eigenvalue weighted by atomic mass is 9.79. The SMILES string of the molecule is C/C(=N\NC(N)=O)c1cc(C(C)(C)C)cc2c1CCC2(C)C. The quantitative estimate of drug-likeness (QED) is 0.636. The van der Waals surface area contributed by atoms with Crippen LogP contribution in [0.4, 0.5) is 4.79 Å². The zero-order valence-corrected chi connectivity index (χ0v) is 14.5. The van der Waals surface area contributed by atoms with Gasteiger partial charge in [0.15, 0.2) is 0 Å². The minimum atomic E-state index is -0.636. The molecule has 0 spiro atoms. The van der Waals surface area contributed by atoms with Crippen LogP contribution in [-0.4, -0.2) is 11.7 Å². The molecule has 0 fully saturated rings. The Hall–Kier alpha value is -1.84. The van der Waals surface area contributed by atoms with E-state index in [2.05, 4.69) is 57.3 Å². The van der Waals surface area contributed by atoms with Gasteiger partial charge in [-0.05, 0) is 53.4 Å². The zero-order chi connectivity index (χ0) is 16.7. The summed E-state index contributed by atoms with van der Waals surface area (Å²) in [6.07, 6.45) is 2.19. The molecule has 0 radical (unpaired) electrons. The van der Waals surface area contributed by atoms with Crippen LogP contribution in [-0.2, 0) is 17.3 Å². The molecule has 0 unspecified atom stereocenters. The van der Waals surface area contributed by atoms with Crippen molar-refractivity contribution < 1.29 is 4.79 Å². The predicted octanol–water partition coefficient (Wildman–Crippen LogP) is 3.60. The minimum Gasteiger partial charge on any atom is -0.350 e. The lowest BCUT2D eigenvalue weighted by molar-refractivity contribution is 0.249. The molecule has 4 nitrogen and oxygen atoms in total. The number of urea groups is 1. The number of carbonyl (C=O) groups is 1. The van der Waals surface area contributed by atoms with Crippen LogP contribution in [0.5, 0.6) is 0 Å². The van der Waals surface area contributed by atoms with Crippen LogP contribution in [0.25, 0.3) is 0 Å². The number of hydrogen-bond acceptors (Lipinski definition) is 2. The van der Waals surface area contributed by atoms with Crippen molar-refractivity contribution in [2.75, 3.05) is 0 Å². The first-order valence-corrected chi connectivity index (χ1v) is 7.80. The number of carbonyl (C=O) groups excluding carboxylic acids is 1. The highest BCUT2D eigenvalue weighted by Gasteiger charge is 2.33. The van der Waals surface area contributed by atoms with E-state index in [4.69, 9.17) is 5.73 Å². The Morgan fingerprint density at radius 3 is 2.50 bits per heavy atom. The van der Waals surface area contributed by atoms with Crippen LogP contribution in [0.15, 0.2) is 17.2 Å². The first-order valence-electron chi connectivity index (χ1n) is 7.80. The van der Waals surface area contributed by atoms with Gasteiger partial charge in [-0.15, -0.1) is 0 Å². The van der Waals surface area contributed by atoms with E-state index in [1.54, 1.807) is 0 Å². The summed E-state index contributed by atoms with van der Waals surface area (Å²) in [5.41, 5.74) is 13.7. The summed E-state index contributed by atoms with van der Waals surface area (Å²) in [5, 5.41) is 4.13. The van der Waals surface area contributed by atoms with Gasteiger partial charge in [0.1, 0.15) is 0 Å². The van der Waals surface area contributed by atoms with Gasteiger partial charge in [-0.3, -0.25) is 0 Å². The van der Waals surface area contributed by atoms with Crippen LogP contribution >= 0.6 is 0 Å². The summed E-state index contributed by atoms with van der Waals surface area (Å²) in [6, 6.07) is 3.92. The van der Waals surface area contributed by atoms with Crippen molar-refractivity contribution in [2.45, 2.75) is 65.2 Å². The topological polar surface area (TPSA) is 67.5 Å². The molecule has 0 saturated heterocycles. The van der Waals surface area contributed by atoms with E-state index >= 15 is 0 Å². The van der Waals surface area contributed by atoms with Crippen molar-refractivity contribution >= 4 is 11.7 Å². The largest absolute Gasteiger partial charge is 0.350 e. The molecule has 0 atom stereocenters. The maximum atomic E-state index is 10.9. The Morgan fingerprint density at radius 1 is 1.32 bits per heavy atom. The molecule has 1 aromatic carbocycles. The van der Waals surface area contributed by atoms with E-state index < -0.39 is 6.03 Å². The van der Waals surface area contributed by atoms with E-state index in [1.165, 1.54) is 16.7 Å². The fourth-order valence-electron chi connectivity index (χ4n) is 3.07. The summed E-state index contributed by atoms with van der Waals surface area (Å²) in [4.78, 5) is 10.9. The smallest absolute Gasteiger partial charge is 0.332 e. The molecule has 120 valence electrons. The Bertz CT molecular complexity index is 636. The van der Waals surface area contributed by atoms with Crippen molar-refractivity contribution in [3.8, 4) is 0 Å². The zero-order valence-electron chi connectivity index (χ0n) is 14.5. The maximum Gasteiger partial charge on any atom is 0.332 e. The molecular formula is C18H27N3O. The molecular weight excluding hydrogens is 274 g/mol. The lowest BCUT2D eigenvalue weighted by Crippen LogP contribution is -2.26. The number of rotatable bonds is 2. The number of benzene rings is 1. The Labute approximate surface area is 133 Å².